The molecule has 2 fully saturated rings. The molecule has 4 nitrogen and oxygen atoms in total. The van der Waals surface area contributed by atoms with E-state index in [1.54, 1.807) is 12.1 Å². The standard InChI is InChI=1S/C12H16ClNO3S2/c13-10-1-2-11(18-10)19(15,16)14-9-3-4-12(9)5-7-17-8-6-12/h1-2,9,14H,3-8H2. The van der Waals surface area contributed by atoms with Gasteiger partial charge in [0.1, 0.15) is 4.21 Å². The number of nitrogens with one attached hydrogen (secondary N) is 1. The summed E-state index contributed by atoms with van der Waals surface area (Å²) in [6.07, 6.45) is 3.91. The summed E-state index contributed by atoms with van der Waals surface area (Å²) >= 11 is 6.90. The lowest BCUT2D eigenvalue weighted by Crippen LogP contribution is -2.57. The number of rotatable bonds is 3. The van der Waals surface area contributed by atoms with Gasteiger partial charge in [0.25, 0.3) is 0 Å². The van der Waals surface area contributed by atoms with Crippen molar-refractivity contribution < 1.29 is 13.2 Å². The van der Waals surface area contributed by atoms with E-state index in [4.69, 9.17) is 16.3 Å². The van der Waals surface area contributed by atoms with Crippen molar-refractivity contribution in [2.45, 2.75) is 35.9 Å². The van der Waals surface area contributed by atoms with Crippen molar-refractivity contribution in [2.75, 3.05) is 13.2 Å². The molecule has 1 saturated heterocycles. The first kappa shape index (κ1) is 13.8. The molecule has 7 heteroatoms. The van der Waals surface area contributed by atoms with Gasteiger partial charge in [0, 0.05) is 19.3 Å². The quantitative estimate of drug-likeness (QED) is 0.931. The Morgan fingerprint density at radius 3 is 2.58 bits per heavy atom. The number of sulfonamides is 1. The summed E-state index contributed by atoms with van der Waals surface area (Å²) in [5.74, 6) is 0. The predicted octanol–water partition coefficient (Wildman–Crippen LogP) is 2.64. The summed E-state index contributed by atoms with van der Waals surface area (Å²) in [4.78, 5) is 0. The molecule has 0 radical (unpaired) electrons. The van der Waals surface area contributed by atoms with Crippen molar-refractivity contribution in [1.29, 1.82) is 0 Å². The molecule has 2 heterocycles. The van der Waals surface area contributed by atoms with Crippen LogP contribution in [0.2, 0.25) is 4.34 Å². The van der Waals surface area contributed by atoms with Crippen molar-refractivity contribution in [3.05, 3.63) is 16.5 Å². The fraction of sp³-hybridized carbons (Fsp3) is 0.667. The second kappa shape index (κ2) is 5.00. The van der Waals surface area contributed by atoms with Crippen LogP contribution in [-0.4, -0.2) is 27.7 Å². The monoisotopic (exact) mass is 321 g/mol. The third-order valence-corrected chi connectivity index (χ3v) is 7.46. The van der Waals surface area contributed by atoms with Crippen LogP contribution >= 0.6 is 22.9 Å². The van der Waals surface area contributed by atoms with Crippen molar-refractivity contribution in [2.24, 2.45) is 5.41 Å². The van der Waals surface area contributed by atoms with E-state index in [0.29, 0.717) is 8.55 Å². The first-order valence-corrected chi connectivity index (χ1v) is 9.05. The molecule has 106 valence electrons. The number of ether oxygens (including phenoxy) is 1. The number of thiophene rings is 1. The minimum atomic E-state index is -3.43. The highest BCUT2D eigenvalue weighted by molar-refractivity contribution is 7.91. The zero-order valence-electron chi connectivity index (χ0n) is 10.4. The van der Waals surface area contributed by atoms with E-state index in [0.717, 1.165) is 50.2 Å². The molecule has 1 aliphatic carbocycles. The van der Waals surface area contributed by atoms with Crippen molar-refractivity contribution >= 4 is 33.0 Å². The Morgan fingerprint density at radius 2 is 2.05 bits per heavy atom. The fourth-order valence-electron chi connectivity index (χ4n) is 2.94. The molecule has 1 atom stereocenters. The minimum absolute atomic E-state index is 0.0438. The Hall–Kier alpha value is -0.140. The molecule has 0 bridgehead atoms. The molecule has 1 aromatic heterocycles. The van der Waals surface area contributed by atoms with Gasteiger partial charge < -0.3 is 4.74 Å². The molecule has 1 spiro atoms. The van der Waals surface area contributed by atoms with Gasteiger partial charge in [-0.3, -0.25) is 0 Å². The zero-order chi connectivity index (χ0) is 13.5. The normalized spacial score (nSPS) is 26.3. The SMILES string of the molecule is O=S(=O)(NC1CCC12CCOCC2)c1ccc(Cl)s1. The van der Waals surface area contributed by atoms with E-state index in [2.05, 4.69) is 4.72 Å². The Bertz CT molecular complexity index is 563. The largest absolute Gasteiger partial charge is 0.381 e. The molecule has 1 N–H and O–H groups in total. The number of hydrogen-bond acceptors (Lipinski definition) is 4. The van der Waals surface area contributed by atoms with E-state index >= 15 is 0 Å². The first-order chi connectivity index (χ1) is 9.02. The zero-order valence-corrected chi connectivity index (χ0v) is 12.8. The van der Waals surface area contributed by atoms with Gasteiger partial charge in [0.15, 0.2) is 0 Å². The minimum Gasteiger partial charge on any atom is -0.381 e. The molecule has 1 unspecified atom stereocenters. The number of hydrogen-bond donors (Lipinski definition) is 1. The first-order valence-electron chi connectivity index (χ1n) is 6.37. The van der Waals surface area contributed by atoms with Gasteiger partial charge in [-0.1, -0.05) is 11.6 Å². The van der Waals surface area contributed by atoms with Crippen LogP contribution in [0.3, 0.4) is 0 Å². The van der Waals surface area contributed by atoms with Gasteiger partial charge in [-0.05, 0) is 43.2 Å². The summed E-state index contributed by atoms with van der Waals surface area (Å²) < 4.78 is 33.6. The van der Waals surface area contributed by atoms with Gasteiger partial charge in [-0.15, -0.1) is 11.3 Å². The maximum Gasteiger partial charge on any atom is 0.250 e. The van der Waals surface area contributed by atoms with Crippen LogP contribution in [0, 0.1) is 5.41 Å². The van der Waals surface area contributed by atoms with Crippen LogP contribution in [0.4, 0.5) is 0 Å². The molecule has 1 aliphatic heterocycles. The summed E-state index contributed by atoms with van der Waals surface area (Å²) in [5, 5.41) is 0. The van der Waals surface area contributed by atoms with Crippen LogP contribution in [0.15, 0.2) is 16.3 Å². The van der Waals surface area contributed by atoms with E-state index in [1.807, 2.05) is 0 Å². The van der Waals surface area contributed by atoms with Crippen molar-refractivity contribution in [1.82, 2.24) is 4.72 Å². The van der Waals surface area contributed by atoms with E-state index in [1.165, 1.54) is 0 Å². The van der Waals surface area contributed by atoms with Crippen molar-refractivity contribution in [3.8, 4) is 0 Å². The van der Waals surface area contributed by atoms with Crippen LogP contribution < -0.4 is 4.72 Å². The Kier molecular flexibility index (Phi) is 3.64. The number of halogens is 1. The highest BCUT2D eigenvalue weighted by Crippen LogP contribution is 2.49. The van der Waals surface area contributed by atoms with Gasteiger partial charge in [0.2, 0.25) is 10.0 Å². The summed E-state index contributed by atoms with van der Waals surface area (Å²) in [7, 11) is -3.43. The third-order valence-electron chi connectivity index (χ3n) is 4.27. The Balaban J connectivity index is 1.74. The smallest absolute Gasteiger partial charge is 0.250 e. The topological polar surface area (TPSA) is 55.4 Å². The molecule has 1 saturated carbocycles. The summed E-state index contributed by atoms with van der Waals surface area (Å²) in [5.41, 5.74) is 0.117. The average molecular weight is 322 g/mol. The van der Waals surface area contributed by atoms with Crippen LogP contribution in [0.5, 0.6) is 0 Å². The fourth-order valence-corrected chi connectivity index (χ4v) is 5.82. The molecule has 1 aromatic rings. The molecule has 0 amide bonds. The van der Waals surface area contributed by atoms with Crippen LogP contribution in [-0.2, 0) is 14.8 Å². The second-order valence-electron chi connectivity index (χ2n) is 5.25. The Labute approximate surface area is 122 Å². The highest BCUT2D eigenvalue weighted by atomic mass is 35.5. The average Bonchev–Trinajstić information content (AvgIpc) is 2.84. The van der Waals surface area contributed by atoms with Gasteiger partial charge in [-0.25, -0.2) is 13.1 Å². The Morgan fingerprint density at radius 1 is 1.32 bits per heavy atom. The third kappa shape index (κ3) is 2.56. The summed E-state index contributed by atoms with van der Waals surface area (Å²) in [6, 6.07) is 3.22. The van der Waals surface area contributed by atoms with Gasteiger partial charge in [0.05, 0.1) is 4.34 Å². The van der Waals surface area contributed by atoms with Crippen LogP contribution in [0.1, 0.15) is 25.7 Å². The summed E-state index contributed by atoms with van der Waals surface area (Å²) in [6.45, 7) is 1.48. The van der Waals surface area contributed by atoms with E-state index in [9.17, 15) is 8.42 Å². The predicted molar refractivity (Wildman–Crippen MR) is 75.2 cm³/mol. The van der Waals surface area contributed by atoms with E-state index < -0.39 is 10.0 Å². The van der Waals surface area contributed by atoms with E-state index in [-0.39, 0.29) is 11.5 Å². The van der Waals surface area contributed by atoms with Crippen molar-refractivity contribution in [3.63, 3.8) is 0 Å². The van der Waals surface area contributed by atoms with Crippen LogP contribution in [0.25, 0.3) is 0 Å². The van der Waals surface area contributed by atoms with Gasteiger partial charge >= 0.3 is 0 Å². The van der Waals surface area contributed by atoms with Gasteiger partial charge in [-0.2, -0.15) is 0 Å². The lowest BCUT2D eigenvalue weighted by molar-refractivity contribution is -0.0483. The molecular weight excluding hydrogens is 306 g/mol. The molecule has 0 aromatic carbocycles. The molecule has 3 rings (SSSR count). The maximum absolute atomic E-state index is 12.3. The molecule has 19 heavy (non-hydrogen) atoms. The lowest BCUT2D eigenvalue weighted by Gasteiger charge is -2.51. The second-order valence-corrected chi connectivity index (χ2v) is 8.90. The maximum atomic E-state index is 12.3. The lowest BCUT2D eigenvalue weighted by atomic mass is 9.60. The molecular formula is C12H16ClNO3S2. The molecule has 2 aliphatic rings. The highest BCUT2D eigenvalue weighted by Gasteiger charge is 2.48.